The van der Waals surface area contributed by atoms with Gasteiger partial charge in [0.25, 0.3) is 0 Å². The highest BCUT2D eigenvalue weighted by Crippen LogP contribution is 2.13. The van der Waals surface area contributed by atoms with Gasteiger partial charge >= 0.3 is 0 Å². The van der Waals surface area contributed by atoms with Gasteiger partial charge in [-0.1, -0.05) is 6.92 Å². The van der Waals surface area contributed by atoms with Crippen molar-refractivity contribution in [3.8, 4) is 0 Å². The molecule has 0 aliphatic heterocycles. The summed E-state index contributed by atoms with van der Waals surface area (Å²) in [5.74, 6) is 2.88. The Hall–Kier alpha value is -0.740. The Bertz CT molecular complexity index is 602. The summed E-state index contributed by atoms with van der Waals surface area (Å²) in [4.78, 5) is 10.4. The van der Waals surface area contributed by atoms with Gasteiger partial charge in [-0.15, -0.1) is 35.3 Å². The van der Waals surface area contributed by atoms with E-state index in [1.807, 2.05) is 18.3 Å². The average Bonchev–Trinajstić information content (AvgIpc) is 3.26. The molecule has 0 fully saturated rings. The summed E-state index contributed by atoms with van der Waals surface area (Å²) in [7, 11) is 0. The van der Waals surface area contributed by atoms with Crippen molar-refractivity contribution >= 4 is 53.0 Å². The molecule has 0 aliphatic carbocycles. The third-order valence-electron chi connectivity index (χ3n) is 3.39. The van der Waals surface area contributed by atoms with Crippen LogP contribution in [0.3, 0.4) is 0 Å². The molecule has 0 saturated carbocycles. The summed E-state index contributed by atoms with van der Waals surface area (Å²) in [6.07, 6.45) is 8.62. The molecule has 2 rings (SSSR count). The van der Waals surface area contributed by atoms with E-state index in [4.69, 9.17) is 4.42 Å². The highest BCUT2D eigenvalue weighted by Gasteiger charge is 2.03. The minimum Gasteiger partial charge on any atom is -0.469 e. The number of aryl methyl sites for hydroxylation is 1. The van der Waals surface area contributed by atoms with E-state index >= 15 is 0 Å². The van der Waals surface area contributed by atoms with Gasteiger partial charge in [-0.05, 0) is 24.8 Å². The number of aromatic nitrogens is 1. The largest absolute Gasteiger partial charge is 0.469 e. The van der Waals surface area contributed by atoms with Crippen LogP contribution < -0.4 is 10.6 Å². The Morgan fingerprint density at radius 2 is 2.12 bits per heavy atom. The van der Waals surface area contributed by atoms with E-state index in [2.05, 4.69) is 33.8 Å². The van der Waals surface area contributed by atoms with Crippen LogP contribution in [0.15, 0.2) is 34.0 Å². The van der Waals surface area contributed by atoms with Gasteiger partial charge in [0.05, 0.1) is 17.8 Å². The van der Waals surface area contributed by atoms with E-state index in [9.17, 15) is 0 Å². The molecule has 2 aromatic heterocycles. The fraction of sp³-hybridized carbons (Fsp3) is 0.529. The normalized spacial score (nSPS) is 11.2. The quantitative estimate of drug-likeness (QED) is 0.229. The first kappa shape index (κ1) is 22.3. The summed E-state index contributed by atoms with van der Waals surface area (Å²) in [6.45, 7) is 4.61. The van der Waals surface area contributed by atoms with Gasteiger partial charge < -0.3 is 15.1 Å². The first-order valence-electron chi connectivity index (χ1n) is 8.29. The van der Waals surface area contributed by atoms with Crippen molar-refractivity contribution in [2.45, 2.75) is 26.2 Å². The van der Waals surface area contributed by atoms with Crippen LogP contribution in [-0.2, 0) is 19.3 Å². The maximum Gasteiger partial charge on any atom is 0.191 e. The fourth-order valence-electron chi connectivity index (χ4n) is 2.10. The number of rotatable bonds is 10. The van der Waals surface area contributed by atoms with Gasteiger partial charge in [0.2, 0.25) is 0 Å². The summed E-state index contributed by atoms with van der Waals surface area (Å²) in [5.41, 5.74) is 0. The standard InChI is InChI=1S/C17H26N4OS2.HI/c1-3-15-13-21-16(24-15)7-9-19-17(20-10-12-23-2)18-8-6-14-5-4-11-22-14;/h4-5,11,13H,3,6-10,12H2,1-2H3,(H2,18,19,20);1H. The van der Waals surface area contributed by atoms with Crippen LogP contribution in [0.25, 0.3) is 0 Å². The number of hydrogen-bond donors (Lipinski definition) is 2. The second kappa shape index (κ2) is 13.5. The Labute approximate surface area is 175 Å². The third-order valence-corrected chi connectivity index (χ3v) is 5.18. The molecule has 8 heteroatoms. The molecule has 0 amide bonds. The van der Waals surface area contributed by atoms with Crippen molar-refractivity contribution < 1.29 is 4.42 Å². The highest BCUT2D eigenvalue weighted by atomic mass is 127. The topological polar surface area (TPSA) is 62.5 Å². The van der Waals surface area contributed by atoms with Crippen LogP contribution in [0, 0.1) is 0 Å². The van der Waals surface area contributed by atoms with Gasteiger partial charge in [0, 0.05) is 42.8 Å². The lowest BCUT2D eigenvalue weighted by molar-refractivity contribution is 0.507. The average molecular weight is 494 g/mol. The zero-order valence-electron chi connectivity index (χ0n) is 14.8. The predicted octanol–water partition coefficient (Wildman–Crippen LogP) is 3.60. The van der Waals surface area contributed by atoms with Crippen LogP contribution in [0.4, 0.5) is 0 Å². The fourth-order valence-corrected chi connectivity index (χ4v) is 3.23. The van der Waals surface area contributed by atoms with E-state index in [1.54, 1.807) is 29.4 Å². The predicted molar refractivity (Wildman–Crippen MR) is 120 cm³/mol. The lowest BCUT2D eigenvalue weighted by Gasteiger charge is -2.11. The number of halogens is 1. The molecule has 0 bridgehead atoms. The zero-order valence-corrected chi connectivity index (χ0v) is 18.7. The molecule has 0 atom stereocenters. The van der Waals surface area contributed by atoms with Crippen LogP contribution in [-0.4, -0.2) is 42.6 Å². The molecule has 0 aliphatic rings. The summed E-state index contributed by atoms with van der Waals surface area (Å²) >= 11 is 3.60. The number of guanidine groups is 1. The summed E-state index contributed by atoms with van der Waals surface area (Å²) in [6, 6.07) is 3.91. The summed E-state index contributed by atoms with van der Waals surface area (Å²) < 4.78 is 5.36. The molecule has 0 radical (unpaired) electrons. The molecule has 25 heavy (non-hydrogen) atoms. The molecule has 2 aromatic rings. The first-order chi connectivity index (χ1) is 11.8. The molecule has 2 N–H and O–H groups in total. The lowest BCUT2D eigenvalue weighted by Crippen LogP contribution is -2.39. The number of thiazole rings is 1. The van der Waals surface area contributed by atoms with Crippen molar-refractivity contribution in [2.24, 2.45) is 4.99 Å². The number of nitrogens with one attached hydrogen (secondary N) is 2. The van der Waals surface area contributed by atoms with Gasteiger partial charge in [0.15, 0.2) is 5.96 Å². The van der Waals surface area contributed by atoms with Crippen molar-refractivity contribution in [3.05, 3.63) is 40.2 Å². The van der Waals surface area contributed by atoms with Crippen molar-refractivity contribution in [1.29, 1.82) is 0 Å². The second-order valence-electron chi connectivity index (χ2n) is 5.23. The van der Waals surface area contributed by atoms with Gasteiger partial charge in [-0.3, -0.25) is 4.99 Å². The molecular formula is C17H27IN4OS2. The van der Waals surface area contributed by atoms with E-state index in [0.29, 0.717) is 0 Å². The molecule has 5 nitrogen and oxygen atoms in total. The molecule has 140 valence electrons. The van der Waals surface area contributed by atoms with Crippen LogP contribution in [0.5, 0.6) is 0 Å². The molecule has 0 saturated heterocycles. The molecular weight excluding hydrogens is 467 g/mol. The Balaban J connectivity index is 0.00000312. The molecule has 2 heterocycles. The highest BCUT2D eigenvalue weighted by molar-refractivity contribution is 14.0. The maximum atomic E-state index is 5.36. The van der Waals surface area contributed by atoms with Crippen molar-refractivity contribution in [2.75, 3.05) is 31.6 Å². The van der Waals surface area contributed by atoms with Crippen LogP contribution in [0.2, 0.25) is 0 Å². The van der Waals surface area contributed by atoms with Crippen LogP contribution in [0.1, 0.15) is 22.6 Å². The first-order valence-corrected chi connectivity index (χ1v) is 10.5. The Kier molecular flexibility index (Phi) is 12.0. The van der Waals surface area contributed by atoms with E-state index in [1.165, 1.54) is 9.88 Å². The maximum absolute atomic E-state index is 5.36. The number of thioether (sulfide) groups is 1. The minimum absolute atomic E-state index is 0. The number of nitrogens with zero attached hydrogens (tertiary/aromatic N) is 2. The van der Waals surface area contributed by atoms with E-state index < -0.39 is 0 Å². The second-order valence-corrected chi connectivity index (χ2v) is 7.42. The monoisotopic (exact) mass is 494 g/mol. The lowest BCUT2D eigenvalue weighted by atomic mass is 10.3. The van der Waals surface area contributed by atoms with E-state index in [-0.39, 0.29) is 24.0 Å². The molecule has 0 aromatic carbocycles. The smallest absolute Gasteiger partial charge is 0.191 e. The van der Waals surface area contributed by atoms with Crippen LogP contribution >= 0.6 is 47.1 Å². The third kappa shape index (κ3) is 8.96. The number of aliphatic imine (C=N–C) groups is 1. The molecule has 0 unspecified atom stereocenters. The minimum atomic E-state index is 0. The molecule has 0 spiro atoms. The number of furan rings is 1. The Morgan fingerprint density at radius 3 is 2.76 bits per heavy atom. The summed E-state index contributed by atoms with van der Waals surface area (Å²) in [5, 5.41) is 7.95. The number of hydrogen-bond acceptors (Lipinski definition) is 5. The van der Waals surface area contributed by atoms with Gasteiger partial charge in [-0.2, -0.15) is 11.8 Å². The SMILES string of the molecule is CCc1cnc(CCNC(=NCCSC)NCCc2ccco2)s1.I. The zero-order chi connectivity index (χ0) is 17.0. The Morgan fingerprint density at radius 1 is 1.32 bits per heavy atom. The van der Waals surface area contributed by atoms with Crippen molar-refractivity contribution in [1.82, 2.24) is 15.6 Å². The van der Waals surface area contributed by atoms with Crippen molar-refractivity contribution in [3.63, 3.8) is 0 Å². The van der Waals surface area contributed by atoms with E-state index in [0.717, 1.165) is 56.4 Å². The van der Waals surface area contributed by atoms with Gasteiger partial charge in [0.1, 0.15) is 5.76 Å². The van der Waals surface area contributed by atoms with Gasteiger partial charge in [-0.25, -0.2) is 4.98 Å².